The first-order chi connectivity index (χ1) is 13.7. The van der Waals surface area contributed by atoms with Crippen LogP contribution in [0.5, 0.6) is 0 Å². The first kappa shape index (κ1) is 23.9. The maximum atomic E-state index is 11.9. The van der Waals surface area contributed by atoms with E-state index in [2.05, 4.69) is 25.2 Å². The van der Waals surface area contributed by atoms with Gasteiger partial charge in [0.2, 0.25) is 5.91 Å². The number of ether oxygens (including phenoxy) is 1. The Balaban J connectivity index is 0.000000696. The lowest BCUT2D eigenvalue weighted by molar-refractivity contribution is -0.121. The van der Waals surface area contributed by atoms with E-state index in [1.54, 1.807) is 0 Å². The molecule has 4 heteroatoms. The summed E-state index contributed by atoms with van der Waals surface area (Å²) in [5.41, 5.74) is 8.31. The second kappa shape index (κ2) is 15.8. The second-order valence-electron chi connectivity index (χ2n) is 6.83. The van der Waals surface area contributed by atoms with Crippen LogP contribution in [0.25, 0.3) is 0 Å². The number of carbonyl (C=O) groups excluding carboxylic acids is 1. The number of nitrogens with two attached hydrogens (primary N) is 1. The first-order valence-electron chi connectivity index (χ1n) is 10.4. The van der Waals surface area contributed by atoms with Crippen molar-refractivity contribution in [1.82, 2.24) is 0 Å². The van der Waals surface area contributed by atoms with Gasteiger partial charge in [-0.05, 0) is 49.1 Å². The molecule has 154 valence electrons. The summed E-state index contributed by atoms with van der Waals surface area (Å²) in [5, 5.41) is 2.90. The lowest BCUT2D eigenvalue weighted by Crippen LogP contribution is -2.18. The minimum absolute atomic E-state index is 0.0644. The molecular formula is C24H36N2O2. The summed E-state index contributed by atoms with van der Waals surface area (Å²) in [4.78, 5) is 11.9. The van der Waals surface area contributed by atoms with Crippen LogP contribution in [0.4, 0.5) is 5.69 Å². The fraction of sp³-hybridized carbons (Fsp3) is 0.458. The number of nitrogens with one attached hydrogen (secondary N) is 1. The molecule has 0 saturated carbocycles. The van der Waals surface area contributed by atoms with Crippen molar-refractivity contribution in [3.63, 3.8) is 0 Å². The lowest BCUT2D eigenvalue weighted by atomic mass is 10.1. The van der Waals surface area contributed by atoms with Crippen molar-refractivity contribution in [1.29, 1.82) is 0 Å². The molecule has 0 atom stereocenters. The van der Waals surface area contributed by atoms with Crippen LogP contribution >= 0.6 is 0 Å². The minimum Gasteiger partial charge on any atom is -0.367 e. The Morgan fingerprint density at radius 2 is 1.64 bits per heavy atom. The topological polar surface area (TPSA) is 64.3 Å². The van der Waals surface area contributed by atoms with Gasteiger partial charge in [0.25, 0.3) is 0 Å². The van der Waals surface area contributed by atoms with Gasteiger partial charge in [-0.3, -0.25) is 4.79 Å². The van der Waals surface area contributed by atoms with Crippen LogP contribution in [0.2, 0.25) is 0 Å². The Morgan fingerprint density at radius 1 is 0.929 bits per heavy atom. The van der Waals surface area contributed by atoms with E-state index in [0.29, 0.717) is 6.61 Å². The molecule has 2 aromatic carbocycles. The van der Waals surface area contributed by atoms with Gasteiger partial charge in [-0.25, -0.2) is 0 Å². The van der Waals surface area contributed by atoms with Crippen LogP contribution in [0, 0.1) is 0 Å². The van der Waals surface area contributed by atoms with Crippen LogP contribution in [0.3, 0.4) is 0 Å². The molecule has 1 amide bonds. The van der Waals surface area contributed by atoms with Crippen LogP contribution < -0.4 is 11.1 Å². The van der Waals surface area contributed by atoms with E-state index in [9.17, 15) is 4.79 Å². The van der Waals surface area contributed by atoms with Crippen molar-refractivity contribution in [3.8, 4) is 0 Å². The van der Waals surface area contributed by atoms with E-state index in [4.69, 9.17) is 10.5 Å². The highest BCUT2D eigenvalue weighted by molar-refractivity contribution is 5.91. The summed E-state index contributed by atoms with van der Waals surface area (Å²) < 4.78 is 5.45. The smallest absolute Gasteiger partial charge is 0.250 e. The Hall–Kier alpha value is -2.17. The minimum atomic E-state index is -0.119. The molecule has 28 heavy (non-hydrogen) atoms. The third-order valence-corrected chi connectivity index (χ3v) is 4.18. The van der Waals surface area contributed by atoms with E-state index in [-0.39, 0.29) is 12.5 Å². The number of aryl methyl sites for hydroxylation is 1. The number of hydrogen-bond acceptors (Lipinski definition) is 3. The molecule has 0 aliphatic rings. The van der Waals surface area contributed by atoms with Gasteiger partial charge in [-0.2, -0.15) is 0 Å². The highest BCUT2D eigenvalue weighted by Crippen LogP contribution is 2.13. The number of unbranched alkanes of at least 4 members (excludes halogenated alkanes) is 3. The number of carbonyl (C=O) groups is 1. The second-order valence-corrected chi connectivity index (χ2v) is 6.83. The van der Waals surface area contributed by atoms with E-state index in [0.717, 1.165) is 24.2 Å². The molecule has 0 bridgehead atoms. The molecule has 0 aliphatic heterocycles. The maximum absolute atomic E-state index is 11.9. The van der Waals surface area contributed by atoms with Crippen molar-refractivity contribution in [2.75, 3.05) is 18.5 Å². The van der Waals surface area contributed by atoms with Crippen molar-refractivity contribution in [2.24, 2.45) is 5.73 Å². The fourth-order valence-corrected chi connectivity index (χ4v) is 2.62. The summed E-state index contributed by atoms with van der Waals surface area (Å²) in [6.07, 6.45) is 7.09. The van der Waals surface area contributed by atoms with Gasteiger partial charge in [-0.15, -0.1) is 0 Å². The van der Waals surface area contributed by atoms with Crippen LogP contribution in [0.1, 0.15) is 57.1 Å². The highest BCUT2D eigenvalue weighted by Gasteiger charge is 2.04. The molecule has 0 unspecified atom stereocenters. The van der Waals surface area contributed by atoms with Crippen LogP contribution in [-0.4, -0.2) is 19.1 Å². The zero-order valence-electron chi connectivity index (χ0n) is 17.5. The Kier molecular flexibility index (Phi) is 13.5. The molecule has 0 saturated heterocycles. The third kappa shape index (κ3) is 11.5. The van der Waals surface area contributed by atoms with Crippen molar-refractivity contribution < 1.29 is 9.53 Å². The third-order valence-electron chi connectivity index (χ3n) is 4.18. The SMILES string of the molecule is CCCCCc1cccc(NC(=O)COCc2ccccc2)c1.CCCCN. The summed E-state index contributed by atoms with van der Waals surface area (Å²) in [7, 11) is 0. The predicted molar refractivity (Wildman–Crippen MR) is 118 cm³/mol. The van der Waals surface area contributed by atoms with E-state index >= 15 is 0 Å². The number of rotatable bonds is 11. The van der Waals surface area contributed by atoms with Gasteiger partial charge in [-0.1, -0.05) is 75.6 Å². The largest absolute Gasteiger partial charge is 0.367 e. The molecule has 0 fully saturated rings. The maximum Gasteiger partial charge on any atom is 0.250 e. The summed E-state index contributed by atoms with van der Waals surface area (Å²) in [5.74, 6) is -0.119. The molecule has 4 nitrogen and oxygen atoms in total. The summed E-state index contributed by atoms with van der Waals surface area (Å²) in [6.45, 7) is 5.69. The number of hydrogen-bond donors (Lipinski definition) is 2. The van der Waals surface area contributed by atoms with Gasteiger partial charge in [0.15, 0.2) is 0 Å². The average molecular weight is 385 g/mol. The first-order valence-corrected chi connectivity index (χ1v) is 10.4. The number of amides is 1. The molecule has 0 heterocycles. The molecule has 2 rings (SSSR count). The molecule has 3 N–H and O–H groups in total. The number of anilines is 1. The summed E-state index contributed by atoms with van der Waals surface area (Å²) in [6, 6.07) is 17.9. The van der Waals surface area contributed by atoms with Crippen LogP contribution in [-0.2, 0) is 22.6 Å². The Bertz CT molecular complexity index is 642. The molecular weight excluding hydrogens is 348 g/mol. The van der Waals surface area contributed by atoms with Crippen LogP contribution in [0.15, 0.2) is 54.6 Å². The zero-order chi connectivity index (χ0) is 20.5. The van der Waals surface area contributed by atoms with Gasteiger partial charge >= 0.3 is 0 Å². The van der Waals surface area contributed by atoms with Crippen molar-refractivity contribution in [2.45, 2.75) is 59.0 Å². The normalized spacial score (nSPS) is 10.1. The highest BCUT2D eigenvalue weighted by atomic mass is 16.5. The van der Waals surface area contributed by atoms with Gasteiger partial charge in [0.05, 0.1) is 6.61 Å². The fourth-order valence-electron chi connectivity index (χ4n) is 2.62. The summed E-state index contributed by atoms with van der Waals surface area (Å²) >= 11 is 0. The monoisotopic (exact) mass is 384 g/mol. The Morgan fingerprint density at radius 3 is 2.29 bits per heavy atom. The number of benzene rings is 2. The quantitative estimate of drug-likeness (QED) is 0.515. The lowest BCUT2D eigenvalue weighted by Gasteiger charge is -2.08. The standard InChI is InChI=1S/C20H25NO2.C4H11N/c1-2-3-5-9-17-12-8-13-19(14-17)21-20(22)16-23-15-18-10-6-4-7-11-18;1-2-3-4-5/h4,6-8,10-14H,2-3,5,9,15-16H2,1H3,(H,21,22);2-5H2,1H3. The average Bonchev–Trinajstić information content (AvgIpc) is 2.70. The van der Waals surface area contributed by atoms with Gasteiger partial charge in [0, 0.05) is 5.69 Å². The predicted octanol–water partition coefficient (Wildman–Crippen LogP) is 5.32. The van der Waals surface area contributed by atoms with Gasteiger partial charge in [0.1, 0.15) is 6.61 Å². The van der Waals surface area contributed by atoms with E-state index < -0.39 is 0 Å². The molecule has 0 spiro atoms. The Labute approximate surface area is 170 Å². The van der Waals surface area contributed by atoms with Gasteiger partial charge < -0.3 is 15.8 Å². The molecule has 0 aliphatic carbocycles. The zero-order valence-corrected chi connectivity index (χ0v) is 17.5. The van der Waals surface area contributed by atoms with Crippen molar-refractivity contribution in [3.05, 3.63) is 65.7 Å². The van der Waals surface area contributed by atoms with E-state index in [1.807, 2.05) is 48.5 Å². The molecule has 0 aromatic heterocycles. The van der Waals surface area contributed by atoms with E-state index in [1.165, 1.54) is 37.7 Å². The molecule has 0 radical (unpaired) electrons. The molecule has 2 aromatic rings. The van der Waals surface area contributed by atoms with Crippen molar-refractivity contribution >= 4 is 11.6 Å².